The maximum absolute atomic E-state index is 10.4. The van der Waals surface area contributed by atoms with Crippen LogP contribution in [0.5, 0.6) is 0 Å². The maximum Gasteiger partial charge on any atom is 0.129 e. The number of fused-ring (bicyclic) bond motifs is 3. The highest BCUT2D eigenvalue weighted by Gasteiger charge is 2.73. The summed E-state index contributed by atoms with van der Waals surface area (Å²) in [6, 6.07) is 0. The Balaban J connectivity index is 1.46. The quantitative estimate of drug-likeness (QED) is 0.404. The Kier molecular flexibility index (Phi) is 5.13. The molecule has 0 aromatic heterocycles. The fraction of sp³-hybridized carbons (Fsp3) is 0.857. The van der Waals surface area contributed by atoms with Crippen molar-refractivity contribution in [2.45, 2.75) is 110 Å². The second-order valence-electron chi connectivity index (χ2n) is 12.7. The van der Waals surface area contributed by atoms with Gasteiger partial charge in [0.1, 0.15) is 11.2 Å². The van der Waals surface area contributed by atoms with Gasteiger partial charge >= 0.3 is 0 Å². The summed E-state index contributed by atoms with van der Waals surface area (Å²) in [6.07, 6.45) is 15.7. The molecule has 6 aliphatic rings. The van der Waals surface area contributed by atoms with Crippen molar-refractivity contribution >= 4 is 0 Å². The molecule has 4 aliphatic carbocycles. The van der Waals surface area contributed by atoms with Gasteiger partial charge < -0.3 is 5.11 Å². The van der Waals surface area contributed by atoms with E-state index in [2.05, 4.69) is 59.8 Å². The summed E-state index contributed by atoms with van der Waals surface area (Å²) < 4.78 is 0. The fourth-order valence-electron chi connectivity index (χ4n) is 8.58. The third-order valence-corrected chi connectivity index (χ3v) is 11.0. The van der Waals surface area contributed by atoms with Crippen LogP contribution in [0.2, 0.25) is 0 Å². The Morgan fingerprint density at radius 3 is 2.45 bits per heavy atom. The van der Waals surface area contributed by atoms with Crippen molar-refractivity contribution in [2.75, 3.05) is 0 Å². The van der Waals surface area contributed by atoms with Gasteiger partial charge in [0.2, 0.25) is 0 Å². The topological polar surface area (TPSA) is 38.7 Å². The molecule has 2 heterocycles. The predicted molar refractivity (Wildman–Crippen MR) is 124 cm³/mol. The highest BCUT2D eigenvalue weighted by Crippen LogP contribution is 2.73. The summed E-state index contributed by atoms with van der Waals surface area (Å²) >= 11 is 0. The smallest absolute Gasteiger partial charge is 0.129 e. The van der Waals surface area contributed by atoms with Gasteiger partial charge in [-0.1, -0.05) is 59.8 Å². The van der Waals surface area contributed by atoms with E-state index in [4.69, 9.17) is 9.78 Å². The largest absolute Gasteiger partial charge is 0.393 e. The van der Waals surface area contributed by atoms with Crippen molar-refractivity contribution in [1.29, 1.82) is 0 Å². The molecule has 3 saturated carbocycles. The summed E-state index contributed by atoms with van der Waals surface area (Å²) in [5.41, 5.74) is 1.24. The normalized spacial score (nSPS) is 50.7. The second kappa shape index (κ2) is 7.18. The van der Waals surface area contributed by atoms with E-state index in [1.165, 1.54) is 18.4 Å². The van der Waals surface area contributed by atoms with E-state index in [1.54, 1.807) is 0 Å². The van der Waals surface area contributed by atoms with Crippen LogP contribution in [0.15, 0.2) is 23.8 Å². The molecule has 3 nitrogen and oxygen atoms in total. The molecule has 174 valence electrons. The third-order valence-electron chi connectivity index (χ3n) is 11.0. The molecular weight excluding hydrogens is 384 g/mol. The van der Waals surface area contributed by atoms with Gasteiger partial charge in [-0.2, -0.15) is 0 Å². The van der Waals surface area contributed by atoms with E-state index >= 15 is 0 Å². The molecule has 2 saturated heterocycles. The first-order valence-electron chi connectivity index (χ1n) is 13.0. The van der Waals surface area contributed by atoms with Crippen molar-refractivity contribution in [3.63, 3.8) is 0 Å². The van der Waals surface area contributed by atoms with Crippen molar-refractivity contribution in [2.24, 2.45) is 40.4 Å². The Bertz CT molecular complexity index is 773. The summed E-state index contributed by atoms with van der Waals surface area (Å²) in [6.45, 7) is 14.4. The van der Waals surface area contributed by atoms with Gasteiger partial charge in [0.15, 0.2) is 0 Å². The molecule has 2 spiro atoms. The molecule has 0 unspecified atom stereocenters. The first-order valence-corrected chi connectivity index (χ1v) is 13.0. The van der Waals surface area contributed by atoms with Crippen LogP contribution in [0.1, 0.15) is 92.9 Å². The molecule has 6 rings (SSSR count). The molecule has 2 bridgehead atoms. The van der Waals surface area contributed by atoms with Crippen LogP contribution in [0.4, 0.5) is 0 Å². The lowest BCUT2D eigenvalue weighted by Gasteiger charge is -2.69. The van der Waals surface area contributed by atoms with Crippen molar-refractivity contribution < 1.29 is 14.9 Å². The predicted octanol–water partition coefficient (Wildman–Crippen LogP) is 6.62. The molecule has 9 atom stereocenters. The van der Waals surface area contributed by atoms with Crippen LogP contribution in [-0.2, 0) is 9.78 Å². The lowest BCUT2D eigenvalue weighted by atomic mass is 9.44. The van der Waals surface area contributed by atoms with Crippen LogP contribution >= 0.6 is 0 Å². The molecule has 5 fully saturated rings. The average Bonchev–Trinajstić information content (AvgIpc) is 3.09. The van der Waals surface area contributed by atoms with E-state index in [9.17, 15) is 5.11 Å². The third kappa shape index (κ3) is 2.88. The molecule has 0 aromatic carbocycles. The van der Waals surface area contributed by atoms with Gasteiger partial charge in [-0.3, -0.25) is 0 Å². The lowest BCUT2D eigenvalue weighted by molar-refractivity contribution is -0.494. The number of hydrogen-bond donors (Lipinski definition) is 1. The SMILES string of the molecule is CC(C)[C@@H](C)C=C[C@@H](C)[C@H]1CC[C@@H]2[C@]1(C)CC=C1[C@]23CC[C@]2(C[C@@H](O)CC[C@]12C)OO3. The van der Waals surface area contributed by atoms with Gasteiger partial charge in [-0.05, 0) is 79.6 Å². The first-order chi connectivity index (χ1) is 14.6. The fourth-order valence-corrected chi connectivity index (χ4v) is 8.58. The number of aliphatic hydroxyl groups excluding tert-OH is 1. The highest BCUT2D eigenvalue weighted by atomic mass is 17.2. The minimum atomic E-state index is -0.326. The Morgan fingerprint density at radius 1 is 1.00 bits per heavy atom. The van der Waals surface area contributed by atoms with Gasteiger partial charge in [0.05, 0.1) is 6.10 Å². The van der Waals surface area contributed by atoms with E-state index in [0.717, 1.165) is 38.5 Å². The van der Waals surface area contributed by atoms with E-state index in [1.807, 2.05) is 0 Å². The Hall–Kier alpha value is -0.640. The summed E-state index contributed by atoms with van der Waals surface area (Å²) in [5, 5.41) is 10.4. The number of rotatable bonds is 4. The molecule has 0 radical (unpaired) electrons. The van der Waals surface area contributed by atoms with E-state index < -0.39 is 0 Å². The summed E-state index contributed by atoms with van der Waals surface area (Å²) in [5.74, 6) is 3.14. The highest BCUT2D eigenvalue weighted by molar-refractivity contribution is 5.40. The van der Waals surface area contributed by atoms with Crippen LogP contribution in [0.25, 0.3) is 0 Å². The molecule has 0 amide bonds. The van der Waals surface area contributed by atoms with Gasteiger partial charge in [-0.25, -0.2) is 9.78 Å². The van der Waals surface area contributed by atoms with E-state index in [-0.39, 0.29) is 28.1 Å². The molecule has 2 aliphatic heterocycles. The molecule has 0 aromatic rings. The van der Waals surface area contributed by atoms with Crippen LogP contribution in [-0.4, -0.2) is 22.4 Å². The lowest BCUT2D eigenvalue weighted by Crippen LogP contribution is -2.71. The van der Waals surface area contributed by atoms with Crippen LogP contribution < -0.4 is 0 Å². The van der Waals surface area contributed by atoms with Gasteiger partial charge in [0, 0.05) is 17.8 Å². The monoisotopic (exact) mass is 428 g/mol. The average molecular weight is 429 g/mol. The molecule has 1 N–H and O–H groups in total. The van der Waals surface area contributed by atoms with Crippen molar-refractivity contribution in [3.05, 3.63) is 23.8 Å². The van der Waals surface area contributed by atoms with Gasteiger partial charge in [0.25, 0.3) is 0 Å². The molecule has 3 heteroatoms. The van der Waals surface area contributed by atoms with Crippen LogP contribution in [0, 0.1) is 40.4 Å². The second-order valence-corrected chi connectivity index (χ2v) is 12.7. The zero-order valence-electron chi connectivity index (χ0n) is 20.6. The minimum Gasteiger partial charge on any atom is -0.393 e. The zero-order valence-corrected chi connectivity index (χ0v) is 20.6. The zero-order chi connectivity index (χ0) is 22.2. The number of hydrogen-bond acceptors (Lipinski definition) is 3. The van der Waals surface area contributed by atoms with Gasteiger partial charge in [-0.15, -0.1) is 0 Å². The Morgan fingerprint density at radius 2 is 1.77 bits per heavy atom. The van der Waals surface area contributed by atoms with Crippen molar-refractivity contribution in [1.82, 2.24) is 0 Å². The molecular formula is C28H44O3. The molecule has 31 heavy (non-hydrogen) atoms. The van der Waals surface area contributed by atoms with E-state index in [0.29, 0.717) is 29.6 Å². The summed E-state index contributed by atoms with van der Waals surface area (Å²) in [7, 11) is 0. The Labute approximate surface area is 189 Å². The number of aliphatic hydroxyl groups is 1. The number of allylic oxidation sites excluding steroid dienone is 3. The van der Waals surface area contributed by atoms with Crippen LogP contribution in [0.3, 0.4) is 0 Å². The standard InChI is InChI=1S/C28H44O3/c1-18(2)19(3)7-8-20(4)22-9-10-23-25(22,5)13-12-24-26(6)14-11-21(29)17-27(26)15-16-28(23,24)31-30-27/h7-8,12,18-23,29H,9-11,13-17H2,1-6H3/t19-,20+,21-,22+,23+,25+,26+,27+,28-/m0/s1. The maximum atomic E-state index is 10.4. The minimum absolute atomic E-state index is 0.0142. The first kappa shape index (κ1) is 22.2. The summed E-state index contributed by atoms with van der Waals surface area (Å²) in [4.78, 5) is 12.8. The van der Waals surface area contributed by atoms with Crippen molar-refractivity contribution in [3.8, 4) is 0 Å².